The van der Waals surface area contributed by atoms with E-state index in [0.717, 1.165) is 25.7 Å². The molecule has 0 aliphatic heterocycles. The number of nitrogens with zero attached hydrogens (tertiary/aromatic N) is 1. The summed E-state index contributed by atoms with van der Waals surface area (Å²) in [5.74, 6) is -2.05. The summed E-state index contributed by atoms with van der Waals surface area (Å²) in [6.45, 7) is 3.70. The van der Waals surface area contributed by atoms with Crippen LogP contribution in [0.5, 0.6) is 0 Å². The van der Waals surface area contributed by atoms with Gasteiger partial charge in [0.05, 0.1) is 32.7 Å². The Balaban J connectivity index is 0. The average Bonchev–Trinajstić information content (AvgIpc) is 2.46. The van der Waals surface area contributed by atoms with Crippen molar-refractivity contribution in [2.75, 3.05) is 32.8 Å². The van der Waals surface area contributed by atoms with Crippen LogP contribution in [0.1, 0.15) is 45.4 Å². The number of carboxylic acids is 2. The van der Waals surface area contributed by atoms with Gasteiger partial charge in [0, 0.05) is 18.8 Å². The first-order valence-electron chi connectivity index (χ1n) is 7.98. The number of aliphatic carboxylic acids is 2. The van der Waals surface area contributed by atoms with Gasteiger partial charge in [0.25, 0.3) is 0 Å². The van der Waals surface area contributed by atoms with Crippen molar-refractivity contribution in [3.8, 4) is 0 Å². The number of carboxylic acid groups (broad SMARTS) is 2. The molecule has 7 heteroatoms. The van der Waals surface area contributed by atoms with Crippen LogP contribution in [0, 0.1) is 0 Å². The summed E-state index contributed by atoms with van der Waals surface area (Å²) >= 11 is 0. The van der Waals surface area contributed by atoms with Gasteiger partial charge in [-0.2, -0.15) is 0 Å². The molecule has 0 aliphatic rings. The fraction of sp³-hybridized carbons (Fsp3) is 0.750. The Morgan fingerprint density at radius 1 is 1.04 bits per heavy atom. The molecule has 0 heterocycles. The van der Waals surface area contributed by atoms with Gasteiger partial charge < -0.3 is 24.6 Å². The molecule has 0 saturated heterocycles. The third kappa shape index (κ3) is 13.3. The van der Waals surface area contributed by atoms with Crippen molar-refractivity contribution >= 4 is 11.9 Å². The van der Waals surface area contributed by atoms with Crippen LogP contribution < -0.4 is 24.0 Å². The summed E-state index contributed by atoms with van der Waals surface area (Å²) in [5.41, 5.74) is 0. The number of aliphatic hydroxyl groups is 1. The number of rotatable bonds is 14. The molecule has 6 nitrogen and oxygen atoms in total. The second kappa shape index (κ2) is 14.8. The summed E-state index contributed by atoms with van der Waals surface area (Å²) < 4.78 is 0.318. The average molecular weight is 322 g/mol. The van der Waals surface area contributed by atoms with Crippen molar-refractivity contribution in [2.24, 2.45) is 0 Å². The maximum Gasteiger partial charge on any atom is 1.00 e. The SMILES string of the molecule is CCC/C=C/CCC[N+](CCO)(CCC(=O)[O-])CCC(=O)O.[Li+]. The molecule has 0 rings (SSSR count). The molecule has 0 spiro atoms. The van der Waals surface area contributed by atoms with Gasteiger partial charge in [0.2, 0.25) is 0 Å². The van der Waals surface area contributed by atoms with Crippen molar-refractivity contribution in [2.45, 2.75) is 45.4 Å². The van der Waals surface area contributed by atoms with E-state index in [4.69, 9.17) is 5.11 Å². The van der Waals surface area contributed by atoms with Crippen LogP contribution in [0.4, 0.5) is 0 Å². The molecule has 1 atom stereocenters. The predicted octanol–water partition coefficient (Wildman–Crippen LogP) is -2.45. The minimum Gasteiger partial charge on any atom is -0.550 e. The number of hydrogen-bond acceptors (Lipinski definition) is 4. The molecular weight excluding hydrogens is 293 g/mol. The van der Waals surface area contributed by atoms with Crippen LogP contribution in [0.3, 0.4) is 0 Å². The third-order valence-corrected chi connectivity index (χ3v) is 3.79. The van der Waals surface area contributed by atoms with Crippen molar-refractivity contribution in [3.63, 3.8) is 0 Å². The maximum absolute atomic E-state index is 10.8. The Labute approximate surface area is 150 Å². The van der Waals surface area contributed by atoms with Crippen LogP contribution >= 0.6 is 0 Å². The van der Waals surface area contributed by atoms with E-state index in [9.17, 15) is 19.8 Å². The smallest absolute Gasteiger partial charge is 0.550 e. The fourth-order valence-corrected chi connectivity index (χ4v) is 2.49. The molecule has 0 aromatic rings. The number of quaternary nitrogens is 1. The third-order valence-electron chi connectivity index (χ3n) is 3.79. The van der Waals surface area contributed by atoms with Crippen molar-refractivity contribution in [1.82, 2.24) is 0 Å². The van der Waals surface area contributed by atoms with E-state index in [0.29, 0.717) is 30.7 Å². The van der Waals surface area contributed by atoms with E-state index >= 15 is 0 Å². The molecule has 0 aliphatic carbocycles. The molecule has 0 saturated carbocycles. The zero-order valence-corrected chi connectivity index (χ0v) is 14.5. The second-order valence-corrected chi connectivity index (χ2v) is 5.63. The molecule has 0 fully saturated rings. The number of carbonyl (C=O) groups is 2. The van der Waals surface area contributed by atoms with Gasteiger partial charge in [-0.05, 0) is 12.8 Å². The molecule has 0 bridgehead atoms. The number of aliphatic hydroxyl groups excluding tert-OH is 1. The number of unbranched alkanes of at least 4 members (excludes halogenated alkanes) is 2. The zero-order chi connectivity index (χ0) is 16.8. The summed E-state index contributed by atoms with van der Waals surface area (Å²) in [4.78, 5) is 21.5. The topological polar surface area (TPSA) is 97.7 Å². The molecule has 0 radical (unpaired) electrons. The van der Waals surface area contributed by atoms with Crippen molar-refractivity contribution < 1.29 is 48.3 Å². The Morgan fingerprint density at radius 3 is 2.17 bits per heavy atom. The Hall–Kier alpha value is -0.803. The molecule has 0 aromatic heterocycles. The van der Waals surface area contributed by atoms with Gasteiger partial charge in [-0.25, -0.2) is 0 Å². The van der Waals surface area contributed by atoms with E-state index in [2.05, 4.69) is 19.1 Å². The van der Waals surface area contributed by atoms with E-state index in [-0.39, 0.29) is 38.3 Å². The minimum absolute atomic E-state index is 0. The number of hydrogen-bond donors (Lipinski definition) is 2. The van der Waals surface area contributed by atoms with Crippen LogP contribution in [0.2, 0.25) is 0 Å². The van der Waals surface area contributed by atoms with Crippen LogP contribution in [-0.2, 0) is 9.59 Å². The van der Waals surface area contributed by atoms with E-state index in [1.165, 1.54) is 0 Å². The first-order valence-corrected chi connectivity index (χ1v) is 7.98. The largest absolute Gasteiger partial charge is 1.00 e. The Morgan fingerprint density at radius 2 is 1.65 bits per heavy atom. The summed E-state index contributed by atoms with van der Waals surface area (Å²) in [6, 6.07) is 0. The van der Waals surface area contributed by atoms with Gasteiger partial charge in [-0.1, -0.05) is 25.5 Å². The first-order chi connectivity index (χ1) is 10.5. The van der Waals surface area contributed by atoms with E-state index in [1.807, 2.05) is 0 Å². The predicted molar refractivity (Wildman–Crippen MR) is 82.0 cm³/mol. The van der Waals surface area contributed by atoms with E-state index in [1.54, 1.807) is 0 Å². The van der Waals surface area contributed by atoms with E-state index < -0.39 is 11.9 Å². The Kier molecular flexibility index (Phi) is 15.7. The molecule has 1 unspecified atom stereocenters. The molecule has 0 amide bonds. The fourth-order valence-electron chi connectivity index (χ4n) is 2.49. The van der Waals surface area contributed by atoms with Gasteiger partial charge in [-0.15, -0.1) is 0 Å². The van der Waals surface area contributed by atoms with Crippen molar-refractivity contribution in [1.29, 1.82) is 0 Å². The zero-order valence-electron chi connectivity index (χ0n) is 14.5. The summed E-state index contributed by atoms with van der Waals surface area (Å²) in [7, 11) is 0. The van der Waals surface area contributed by atoms with Crippen LogP contribution in [0.15, 0.2) is 12.2 Å². The van der Waals surface area contributed by atoms with Crippen LogP contribution in [0.25, 0.3) is 0 Å². The monoisotopic (exact) mass is 322 g/mol. The standard InChI is InChI=1S/C16H29NO5.Li/c1-2-3-4-5-6-7-10-17(13-14-18,11-8-15(19)20)12-9-16(21)22;/h4-5,18H,2-3,6-14H2,1H3,(H-,19,20,21,22);/q;+1/b5-4+;. The molecule has 2 N–H and O–H groups in total. The second-order valence-electron chi connectivity index (χ2n) is 5.63. The number of carbonyl (C=O) groups excluding carboxylic acids is 1. The molecule has 0 aromatic carbocycles. The normalized spacial score (nSPS) is 13.5. The Bertz CT molecular complexity index is 342. The van der Waals surface area contributed by atoms with Gasteiger partial charge >= 0.3 is 24.8 Å². The minimum atomic E-state index is -1.14. The van der Waals surface area contributed by atoms with Gasteiger partial charge in [-0.3, -0.25) is 4.79 Å². The summed E-state index contributed by atoms with van der Waals surface area (Å²) in [6.07, 6.45) is 7.94. The maximum atomic E-state index is 10.8. The quantitative estimate of drug-likeness (QED) is 0.160. The van der Waals surface area contributed by atoms with Crippen molar-refractivity contribution in [3.05, 3.63) is 12.2 Å². The molecule has 128 valence electrons. The summed E-state index contributed by atoms with van der Waals surface area (Å²) in [5, 5.41) is 28.9. The van der Waals surface area contributed by atoms with Gasteiger partial charge in [0.1, 0.15) is 6.54 Å². The first kappa shape index (κ1) is 24.4. The number of allylic oxidation sites excluding steroid dienone is 2. The van der Waals surface area contributed by atoms with Crippen LogP contribution in [-0.4, -0.2) is 59.4 Å². The molecular formula is C16H29LiNO5+. The molecule has 23 heavy (non-hydrogen) atoms. The van der Waals surface area contributed by atoms with Gasteiger partial charge in [0.15, 0.2) is 0 Å².